The van der Waals surface area contributed by atoms with E-state index in [0.717, 1.165) is 49.9 Å². The van der Waals surface area contributed by atoms with E-state index in [0.29, 0.717) is 16.7 Å². The Labute approximate surface area is 239 Å². The van der Waals surface area contributed by atoms with Crippen LogP contribution in [0.3, 0.4) is 0 Å². The molecule has 1 fully saturated rings. The number of aromatic nitrogens is 2. The summed E-state index contributed by atoms with van der Waals surface area (Å²) in [4.78, 5) is 38.2. The van der Waals surface area contributed by atoms with Crippen LogP contribution in [-0.4, -0.2) is 38.3 Å². The highest BCUT2D eigenvalue weighted by Crippen LogP contribution is 2.33. The topological polar surface area (TPSA) is 93.8 Å². The number of nitrogens with zero attached hydrogens (tertiary/aromatic N) is 3. The van der Waals surface area contributed by atoms with Crippen LogP contribution < -0.4 is 16.0 Å². The summed E-state index contributed by atoms with van der Waals surface area (Å²) in [6.07, 6.45) is 4.76. The molecule has 8 nitrogen and oxygen atoms in total. The van der Waals surface area contributed by atoms with Gasteiger partial charge in [0.2, 0.25) is 0 Å². The summed E-state index contributed by atoms with van der Waals surface area (Å²) >= 11 is 6.14. The SMILES string of the molecule is Cc1cc(CN(C[C@H]2CC[C@H](C(=O)O)CC2)[C@@H](C)c2ccc(Cl)cc2)ccc1OCCn1c(=O)ccn(C)c1=O. The molecular formula is C31H38ClN3O5. The number of aryl methyl sites for hydroxylation is 2. The second-order valence-electron chi connectivity index (χ2n) is 10.9. The summed E-state index contributed by atoms with van der Waals surface area (Å²) in [7, 11) is 1.61. The van der Waals surface area contributed by atoms with Crippen LogP contribution in [0.2, 0.25) is 5.02 Å². The first kappa shape index (κ1) is 29.6. The highest BCUT2D eigenvalue weighted by Gasteiger charge is 2.28. The van der Waals surface area contributed by atoms with Crippen molar-refractivity contribution in [3.63, 3.8) is 0 Å². The summed E-state index contributed by atoms with van der Waals surface area (Å²) in [6.45, 7) is 6.19. The second kappa shape index (κ2) is 13.3. The fourth-order valence-corrected chi connectivity index (χ4v) is 5.63. The Morgan fingerprint density at radius 1 is 1.10 bits per heavy atom. The monoisotopic (exact) mass is 567 g/mol. The zero-order valence-corrected chi connectivity index (χ0v) is 24.1. The lowest BCUT2D eigenvalue weighted by molar-refractivity contribution is -0.143. The minimum absolute atomic E-state index is 0.150. The molecule has 40 heavy (non-hydrogen) atoms. The molecule has 1 aliphatic carbocycles. The van der Waals surface area contributed by atoms with Crippen LogP contribution in [0.4, 0.5) is 0 Å². The van der Waals surface area contributed by atoms with Crippen molar-refractivity contribution in [1.29, 1.82) is 0 Å². The van der Waals surface area contributed by atoms with E-state index in [-0.39, 0.29) is 36.4 Å². The molecule has 2 aromatic carbocycles. The van der Waals surface area contributed by atoms with Crippen molar-refractivity contribution >= 4 is 17.6 Å². The van der Waals surface area contributed by atoms with Crippen molar-refractivity contribution in [2.75, 3.05) is 13.2 Å². The van der Waals surface area contributed by atoms with Crippen molar-refractivity contribution in [1.82, 2.24) is 14.0 Å². The Morgan fingerprint density at radius 3 is 2.45 bits per heavy atom. The van der Waals surface area contributed by atoms with Crippen LogP contribution in [0.25, 0.3) is 0 Å². The molecule has 0 bridgehead atoms. The molecule has 0 saturated heterocycles. The molecule has 214 valence electrons. The maximum atomic E-state index is 12.2. The number of hydrogen-bond acceptors (Lipinski definition) is 5. The van der Waals surface area contributed by atoms with Crippen LogP contribution >= 0.6 is 11.6 Å². The first-order chi connectivity index (χ1) is 19.1. The zero-order valence-electron chi connectivity index (χ0n) is 23.4. The third-order valence-electron chi connectivity index (χ3n) is 8.03. The first-order valence-corrected chi connectivity index (χ1v) is 14.2. The molecule has 0 radical (unpaired) electrons. The van der Waals surface area contributed by atoms with Gasteiger partial charge in [0.15, 0.2) is 0 Å². The van der Waals surface area contributed by atoms with Gasteiger partial charge in [-0.2, -0.15) is 0 Å². The molecule has 1 aliphatic rings. The van der Waals surface area contributed by atoms with Crippen LogP contribution in [0.15, 0.2) is 64.3 Å². The van der Waals surface area contributed by atoms with Crippen LogP contribution in [0.1, 0.15) is 55.3 Å². The maximum absolute atomic E-state index is 12.2. The highest BCUT2D eigenvalue weighted by atomic mass is 35.5. The number of halogens is 1. The van der Waals surface area contributed by atoms with Gasteiger partial charge in [-0.05, 0) is 80.3 Å². The number of aliphatic carboxylic acids is 1. The molecule has 3 aromatic rings. The van der Waals surface area contributed by atoms with Crippen LogP contribution in [0, 0.1) is 18.8 Å². The number of hydrogen-bond donors (Lipinski definition) is 1. The molecule has 0 amide bonds. The smallest absolute Gasteiger partial charge is 0.330 e. The third kappa shape index (κ3) is 7.43. The van der Waals surface area contributed by atoms with Crippen LogP contribution in [0.5, 0.6) is 5.75 Å². The Hall–Kier alpha value is -3.36. The fourth-order valence-electron chi connectivity index (χ4n) is 5.51. The molecule has 1 saturated carbocycles. The van der Waals surface area contributed by atoms with Gasteiger partial charge >= 0.3 is 11.7 Å². The van der Waals surface area contributed by atoms with E-state index in [9.17, 15) is 19.5 Å². The van der Waals surface area contributed by atoms with E-state index < -0.39 is 5.97 Å². The van der Waals surface area contributed by atoms with E-state index in [1.807, 2.05) is 25.1 Å². The zero-order chi connectivity index (χ0) is 28.8. The van der Waals surface area contributed by atoms with Crippen molar-refractivity contribution in [2.45, 2.75) is 58.7 Å². The Balaban J connectivity index is 1.44. The predicted octanol–water partition coefficient (Wildman–Crippen LogP) is 5.04. The van der Waals surface area contributed by atoms with Crippen LogP contribution in [-0.2, 0) is 24.9 Å². The number of rotatable bonds is 11. The number of carboxylic acid groups (broad SMARTS) is 1. The average molecular weight is 568 g/mol. The third-order valence-corrected chi connectivity index (χ3v) is 8.28. The minimum Gasteiger partial charge on any atom is -0.491 e. The van der Waals surface area contributed by atoms with Crippen molar-refractivity contribution < 1.29 is 14.6 Å². The molecular weight excluding hydrogens is 530 g/mol. The standard InChI is InChI=1S/C31H38ClN3O5/c1-21-18-24(6-13-28(21)40-17-16-35-29(36)14-15-33(3)31(35)39)20-34(22(2)25-9-11-27(32)12-10-25)19-23-4-7-26(8-5-23)30(37)38/h6,9-15,18,22-23,26H,4-5,7-8,16-17,19-20H2,1-3H3,(H,37,38)/t22-,23-,26-/m0/s1. The number of benzene rings is 2. The predicted molar refractivity (Wildman–Crippen MR) is 156 cm³/mol. The molecule has 0 unspecified atom stereocenters. The Bertz CT molecular complexity index is 1420. The summed E-state index contributed by atoms with van der Waals surface area (Å²) in [5.74, 6) is 0.259. The van der Waals surface area contributed by atoms with Crippen molar-refractivity contribution in [2.24, 2.45) is 18.9 Å². The summed E-state index contributed by atoms with van der Waals surface area (Å²) < 4.78 is 8.49. The van der Waals surface area contributed by atoms with Gasteiger partial charge in [-0.15, -0.1) is 0 Å². The van der Waals surface area contributed by atoms with Gasteiger partial charge in [-0.3, -0.25) is 19.1 Å². The number of carboxylic acids is 1. The molecule has 1 aromatic heterocycles. The largest absolute Gasteiger partial charge is 0.491 e. The quantitative estimate of drug-likeness (QED) is 0.349. The van der Waals surface area contributed by atoms with E-state index in [1.165, 1.54) is 27.0 Å². The highest BCUT2D eigenvalue weighted by molar-refractivity contribution is 6.30. The van der Waals surface area contributed by atoms with E-state index in [1.54, 1.807) is 7.05 Å². The van der Waals surface area contributed by atoms with Crippen molar-refractivity contribution in [3.05, 3.63) is 97.3 Å². The average Bonchev–Trinajstić information content (AvgIpc) is 2.93. The fraction of sp³-hybridized carbons (Fsp3) is 0.452. The summed E-state index contributed by atoms with van der Waals surface area (Å²) in [5.41, 5.74) is 2.60. The van der Waals surface area contributed by atoms with Gasteiger partial charge in [0.05, 0.1) is 12.5 Å². The number of ether oxygens (including phenoxy) is 1. The minimum atomic E-state index is -0.680. The van der Waals surface area contributed by atoms with Gasteiger partial charge in [-0.25, -0.2) is 4.79 Å². The second-order valence-corrected chi connectivity index (χ2v) is 11.3. The Kier molecular flexibility index (Phi) is 9.87. The number of carbonyl (C=O) groups is 1. The molecule has 4 rings (SSSR count). The molecule has 1 N–H and O–H groups in total. The molecule has 1 heterocycles. The van der Waals surface area contributed by atoms with Gasteiger partial charge in [0.1, 0.15) is 12.4 Å². The maximum Gasteiger partial charge on any atom is 0.330 e. The molecule has 1 atom stereocenters. The molecule has 0 aliphatic heterocycles. The summed E-state index contributed by atoms with van der Waals surface area (Å²) in [6, 6.07) is 15.6. The lowest BCUT2D eigenvalue weighted by atomic mass is 9.81. The van der Waals surface area contributed by atoms with Gasteiger partial charge in [0, 0.05) is 43.5 Å². The van der Waals surface area contributed by atoms with E-state index in [2.05, 4.69) is 36.1 Å². The molecule has 0 spiro atoms. The van der Waals surface area contributed by atoms with E-state index >= 15 is 0 Å². The first-order valence-electron chi connectivity index (χ1n) is 13.8. The summed E-state index contributed by atoms with van der Waals surface area (Å²) in [5, 5.41) is 10.1. The van der Waals surface area contributed by atoms with Crippen molar-refractivity contribution in [3.8, 4) is 5.75 Å². The normalized spacial score (nSPS) is 18.0. The van der Waals surface area contributed by atoms with Gasteiger partial charge in [0.25, 0.3) is 5.56 Å². The molecule has 9 heteroatoms. The lowest BCUT2D eigenvalue weighted by Gasteiger charge is -2.35. The Morgan fingerprint density at radius 2 is 1.80 bits per heavy atom. The van der Waals surface area contributed by atoms with Gasteiger partial charge < -0.3 is 14.4 Å². The van der Waals surface area contributed by atoms with Gasteiger partial charge in [-0.1, -0.05) is 35.9 Å². The van der Waals surface area contributed by atoms with E-state index in [4.69, 9.17) is 16.3 Å². The lowest BCUT2D eigenvalue weighted by Crippen LogP contribution is -2.39.